The molecule has 1 fully saturated rings. The van der Waals surface area contributed by atoms with Gasteiger partial charge in [-0.05, 0) is 34.6 Å². The van der Waals surface area contributed by atoms with Crippen molar-refractivity contribution in [3.8, 4) is 0 Å². The lowest BCUT2D eigenvalue weighted by molar-refractivity contribution is -0.135. The first kappa shape index (κ1) is 19.7. The Morgan fingerprint density at radius 1 is 1.31 bits per heavy atom. The highest BCUT2D eigenvalue weighted by Crippen LogP contribution is 2.30. The minimum Gasteiger partial charge on any atom is -0.336 e. The van der Waals surface area contributed by atoms with E-state index in [1.54, 1.807) is 24.2 Å². The van der Waals surface area contributed by atoms with Gasteiger partial charge < -0.3 is 14.8 Å². The van der Waals surface area contributed by atoms with Gasteiger partial charge in [0.2, 0.25) is 0 Å². The molecule has 0 aromatic carbocycles. The Balaban J connectivity index is 2.36. The first-order chi connectivity index (χ1) is 12.1. The zero-order valence-corrected chi connectivity index (χ0v) is 16.3. The van der Waals surface area contributed by atoms with E-state index in [0.717, 1.165) is 11.4 Å². The number of nitrogens with zero attached hydrogens (tertiary/aromatic N) is 4. The van der Waals surface area contributed by atoms with Crippen LogP contribution >= 0.6 is 0 Å². The molecule has 1 aliphatic heterocycles. The number of rotatable bonds is 4. The number of urea groups is 1. The van der Waals surface area contributed by atoms with Gasteiger partial charge in [-0.25, -0.2) is 9.78 Å². The van der Waals surface area contributed by atoms with Crippen LogP contribution in [0.3, 0.4) is 0 Å². The molecule has 0 saturated carbocycles. The van der Waals surface area contributed by atoms with E-state index in [0.29, 0.717) is 18.9 Å². The summed E-state index contributed by atoms with van der Waals surface area (Å²) >= 11 is 0. The van der Waals surface area contributed by atoms with Crippen LogP contribution in [-0.4, -0.2) is 50.8 Å². The molecule has 1 unspecified atom stereocenters. The lowest BCUT2D eigenvalue weighted by atomic mass is 9.89. The average molecular weight is 361 g/mol. The lowest BCUT2D eigenvalue weighted by Crippen LogP contribution is -2.68. The summed E-state index contributed by atoms with van der Waals surface area (Å²) in [6.45, 7) is 9.28. The Kier molecular flexibility index (Phi) is 5.53. The fourth-order valence-electron chi connectivity index (χ4n) is 3.11. The Morgan fingerprint density at radius 2 is 1.96 bits per heavy atom. The fourth-order valence-corrected chi connectivity index (χ4v) is 3.11. The normalized spacial score (nSPS) is 20.2. The molecule has 0 spiro atoms. The number of hydrogen-bond donors (Lipinski definition) is 1. The molecule has 1 aromatic rings. The molecule has 8 nitrogen and oxygen atoms in total. The smallest absolute Gasteiger partial charge is 0.322 e. The van der Waals surface area contributed by atoms with Crippen LogP contribution < -0.4 is 10.2 Å². The number of amides is 3. The number of aryl methyl sites for hydroxylation is 2. The van der Waals surface area contributed by atoms with Gasteiger partial charge in [-0.1, -0.05) is 5.57 Å². The van der Waals surface area contributed by atoms with Gasteiger partial charge in [-0.15, -0.1) is 0 Å². The minimum absolute atomic E-state index is 0.0452. The highest BCUT2D eigenvalue weighted by atomic mass is 16.2. The van der Waals surface area contributed by atoms with Crippen molar-refractivity contribution in [2.24, 2.45) is 7.05 Å². The molecule has 3 amide bonds. The van der Waals surface area contributed by atoms with Crippen LogP contribution in [0.5, 0.6) is 0 Å². The lowest BCUT2D eigenvalue weighted by Gasteiger charge is -2.46. The molecule has 2 rings (SSSR count). The summed E-state index contributed by atoms with van der Waals surface area (Å²) in [6.07, 6.45) is 3.33. The van der Waals surface area contributed by atoms with Crippen LogP contribution in [0.25, 0.3) is 0 Å². The number of allylic oxidation sites excluding steroid dienone is 1. The highest BCUT2D eigenvalue weighted by molar-refractivity contribution is 6.05. The van der Waals surface area contributed by atoms with E-state index in [4.69, 9.17) is 0 Å². The maximum absolute atomic E-state index is 13.2. The van der Waals surface area contributed by atoms with Crippen molar-refractivity contribution in [3.63, 3.8) is 0 Å². The summed E-state index contributed by atoms with van der Waals surface area (Å²) in [5, 5.41) is 2.69. The molecule has 8 heteroatoms. The SMILES string of the molecule is CC(=O)CC1(C)C(=O)N(c2cn(C)c(C)n2)CCN1C(=O)NC=C(C)C. The number of carbonyl (C=O) groups is 3. The van der Waals surface area contributed by atoms with Crippen LogP contribution in [0.1, 0.15) is 39.9 Å². The molecule has 0 bridgehead atoms. The van der Waals surface area contributed by atoms with E-state index in [1.165, 1.54) is 11.8 Å². The first-order valence-corrected chi connectivity index (χ1v) is 8.59. The number of ketones is 1. The largest absolute Gasteiger partial charge is 0.336 e. The summed E-state index contributed by atoms with van der Waals surface area (Å²) < 4.78 is 1.83. The van der Waals surface area contributed by atoms with Crippen LogP contribution in [0.2, 0.25) is 0 Å². The monoisotopic (exact) mass is 361 g/mol. The molecule has 1 atom stereocenters. The summed E-state index contributed by atoms with van der Waals surface area (Å²) in [6, 6.07) is -0.389. The standard InChI is InChI=1S/C18H27N5O3/c1-12(2)10-19-17(26)23-8-7-22(15-11-21(6)14(4)20-15)16(25)18(23,5)9-13(3)24/h10-11H,7-9H2,1-6H3,(H,19,26). The molecule has 0 radical (unpaired) electrons. The second kappa shape index (κ2) is 7.31. The van der Waals surface area contributed by atoms with Gasteiger partial charge in [0.05, 0.1) is 0 Å². The maximum Gasteiger partial charge on any atom is 0.322 e. The minimum atomic E-state index is -1.25. The Hall–Kier alpha value is -2.64. The summed E-state index contributed by atoms with van der Waals surface area (Å²) in [4.78, 5) is 45.1. The van der Waals surface area contributed by atoms with E-state index in [1.807, 2.05) is 32.4 Å². The molecule has 1 aliphatic rings. The topological polar surface area (TPSA) is 87.5 Å². The molecule has 1 saturated heterocycles. The van der Waals surface area contributed by atoms with Gasteiger partial charge >= 0.3 is 6.03 Å². The van der Waals surface area contributed by atoms with Gasteiger partial charge in [0, 0.05) is 39.0 Å². The Bertz CT molecular complexity index is 743. The number of imidazole rings is 1. The van der Waals surface area contributed by atoms with E-state index in [-0.39, 0.29) is 24.1 Å². The molecular weight excluding hydrogens is 334 g/mol. The van der Waals surface area contributed by atoms with E-state index >= 15 is 0 Å². The molecule has 26 heavy (non-hydrogen) atoms. The van der Waals surface area contributed by atoms with E-state index in [9.17, 15) is 14.4 Å². The maximum atomic E-state index is 13.2. The van der Waals surface area contributed by atoms with Gasteiger partial charge in [-0.3, -0.25) is 14.5 Å². The van der Waals surface area contributed by atoms with Crippen molar-refractivity contribution in [1.82, 2.24) is 19.8 Å². The zero-order valence-electron chi connectivity index (χ0n) is 16.3. The Morgan fingerprint density at radius 3 is 2.46 bits per heavy atom. The molecule has 2 heterocycles. The van der Waals surface area contributed by atoms with Crippen LogP contribution in [0.4, 0.5) is 10.6 Å². The number of carbonyl (C=O) groups excluding carboxylic acids is 3. The number of hydrogen-bond acceptors (Lipinski definition) is 4. The average Bonchev–Trinajstić information content (AvgIpc) is 2.86. The van der Waals surface area contributed by atoms with Gasteiger partial charge in [0.15, 0.2) is 5.82 Å². The van der Waals surface area contributed by atoms with Crippen LogP contribution in [-0.2, 0) is 16.6 Å². The summed E-state index contributed by atoms with van der Waals surface area (Å²) in [7, 11) is 1.86. The molecule has 1 aromatic heterocycles. The third-order valence-electron chi connectivity index (χ3n) is 4.54. The quantitative estimate of drug-likeness (QED) is 0.885. The van der Waals surface area contributed by atoms with E-state index in [2.05, 4.69) is 10.3 Å². The predicted octanol–water partition coefficient (Wildman–Crippen LogP) is 1.75. The van der Waals surface area contributed by atoms with Crippen molar-refractivity contribution in [2.45, 2.75) is 46.6 Å². The molecule has 1 N–H and O–H groups in total. The van der Waals surface area contributed by atoms with Crippen LogP contribution in [0, 0.1) is 6.92 Å². The van der Waals surface area contributed by atoms with Crippen molar-refractivity contribution in [1.29, 1.82) is 0 Å². The van der Waals surface area contributed by atoms with E-state index < -0.39 is 5.54 Å². The third kappa shape index (κ3) is 3.79. The number of aromatic nitrogens is 2. The van der Waals surface area contributed by atoms with Gasteiger partial charge in [0.1, 0.15) is 17.1 Å². The Labute approximate surface area is 153 Å². The number of Topliss-reactive ketones (excluding diaryl/α,β-unsaturated/α-hetero) is 1. The van der Waals surface area contributed by atoms with Crippen molar-refractivity contribution >= 4 is 23.5 Å². The predicted molar refractivity (Wildman–Crippen MR) is 98.7 cm³/mol. The van der Waals surface area contributed by atoms with Gasteiger partial charge in [-0.2, -0.15) is 0 Å². The van der Waals surface area contributed by atoms with Crippen molar-refractivity contribution in [3.05, 3.63) is 23.8 Å². The summed E-state index contributed by atoms with van der Waals surface area (Å²) in [5.74, 6) is 0.864. The molecular formula is C18H27N5O3. The number of anilines is 1. The third-order valence-corrected chi connectivity index (χ3v) is 4.54. The zero-order chi connectivity index (χ0) is 19.6. The van der Waals surface area contributed by atoms with Gasteiger partial charge in [0.25, 0.3) is 5.91 Å². The number of piperazine rings is 1. The highest BCUT2D eigenvalue weighted by Gasteiger charge is 2.49. The first-order valence-electron chi connectivity index (χ1n) is 8.59. The molecule has 142 valence electrons. The van der Waals surface area contributed by atoms with Crippen LogP contribution in [0.15, 0.2) is 18.0 Å². The fraction of sp³-hybridized carbons (Fsp3) is 0.556. The summed E-state index contributed by atoms with van der Waals surface area (Å²) in [5.41, 5.74) is -0.324. The number of nitrogens with one attached hydrogen (secondary N) is 1. The second-order valence-corrected chi connectivity index (χ2v) is 7.19. The van der Waals surface area contributed by atoms with Crippen molar-refractivity contribution < 1.29 is 14.4 Å². The second-order valence-electron chi connectivity index (χ2n) is 7.19. The molecule has 0 aliphatic carbocycles. The van der Waals surface area contributed by atoms with Crippen molar-refractivity contribution in [2.75, 3.05) is 18.0 Å².